The van der Waals surface area contributed by atoms with Gasteiger partial charge >= 0.3 is 5.97 Å². The van der Waals surface area contributed by atoms with E-state index in [1.807, 2.05) is 0 Å². The Bertz CT molecular complexity index is 931. The summed E-state index contributed by atoms with van der Waals surface area (Å²) in [4.78, 5) is 23.1. The fourth-order valence-corrected chi connectivity index (χ4v) is 3.15. The van der Waals surface area contributed by atoms with Crippen LogP contribution in [0.1, 0.15) is 19.4 Å². The molecular weight excluding hydrogens is 388 g/mol. The highest BCUT2D eigenvalue weighted by Gasteiger charge is 2.18. The Morgan fingerprint density at radius 2 is 1.93 bits per heavy atom. The summed E-state index contributed by atoms with van der Waals surface area (Å²) in [5, 5.41) is 17.3. The van der Waals surface area contributed by atoms with Crippen LogP contribution in [0.25, 0.3) is 6.08 Å². The van der Waals surface area contributed by atoms with Crippen molar-refractivity contribution in [2.75, 3.05) is 20.8 Å². The SMILES string of the molecule is CNS(=O)(=O)c1cc(/C=C/C(=O)OC/C(O)=C(\C(C)=N)C(C)=O)ccc1OC. The molecule has 0 spiro atoms. The number of sulfonamides is 1. The maximum Gasteiger partial charge on any atom is 0.331 e. The van der Waals surface area contributed by atoms with Crippen LogP contribution >= 0.6 is 0 Å². The van der Waals surface area contributed by atoms with Crippen molar-refractivity contribution in [3.05, 3.63) is 41.2 Å². The minimum absolute atomic E-state index is 0.0962. The molecule has 0 amide bonds. The van der Waals surface area contributed by atoms with Gasteiger partial charge in [-0.2, -0.15) is 0 Å². The highest BCUT2D eigenvalue weighted by atomic mass is 32.2. The molecule has 0 aliphatic rings. The number of hydrogen-bond donors (Lipinski definition) is 3. The summed E-state index contributed by atoms with van der Waals surface area (Å²) in [6, 6.07) is 4.30. The maximum absolute atomic E-state index is 12.0. The number of aliphatic hydroxyl groups is 1. The minimum Gasteiger partial charge on any atom is -0.508 e. The average Bonchev–Trinajstić information content (AvgIpc) is 2.63. The largest absolute Gasteiger partial charge is 0.508 e. The number of rotatable bonds is 9. The van der Waals surface area contributed by atoms with Crippen molar-refractivity contribution in [3.63, 3.8) is 0 Å². The molecule has 0 fully saturated rings. The smallest absolute Gasteiger partial charge is 0.331 e. The second-order valence-corrected chi connectivity index (χ2v) is 7.42. The van der Waals surface area contributed by atoms with Gasteiger partial charge in [0.05, 0.1) is 12.7 Å². The molecule has 0 aliphatic heterocycles. The topological polar surface area (TPSA) is 143 Å². The van der Waals surface area contributed by atoms with Gasteiger partial charge in [-0.15, -0.1) is 0 Å². The molecule has 0 saturated heterocycles. The highest BCUT2D eigenvalue weighted by Crippen LogP contribution is 2.25. The van der Waals surface area contributed by atoms with Crippen LogP contribution in [-0.2, 0) is 24.3 Å². The molecule has 0 atom stereocenters. The molecule has 0 aliphatic carbocycles. The molecule has 152 valence electrons. The number of benzene rings is 1. The molecule has 3 N–H and O–H groups in total. The second-order valence-electron chi connectivity index (χ2n) is 5.56. The van der Waals surface area contributed by atoms with Crippen LogP contribution in [0.4, 0.5) is 0 Å². The Morgan fingerprint density at radius 1 is 1.29 bits per heavy atom. The number of hydrogen-bond acceptors (Lipinski definition) is 8. The van der Waals surface area contributed by atoms with E-state index in [0.29, 0.717) is 5.56 Å². The van der Waals surface area contributed by atoms with Gasteiger partial charge in [-0.05, 0) is 44.7 Å². The van der Waals surface area contributed by atoms with E-state index < -0.39 is 34.1 Å². The number of ketones is 1. The Labute approximate surface area is 163 Å². The van der Waals surface area contributed by atoms with Crippen molar-refractivity contribution >= 4 is 33.6 Å². The number of methoxy groups -OCH3 is 1. The van der Waals surface area contributed by atoms with Gasteiger partial charge in [0.1, 0.15) is 23.0 Å². The van der Waals surface area contributed by atoms with Crippen LogP contribution in [0, 0.1) is 5.41 Å². The maximum atomic E-state index is 12.0. The summed E-state index contributed by atoms with van der Waals surface area (Å²) >= 11 is 0. The molecule has 0 aromatic heterocycles. The van der Waals surface area contributed by atoms with Crippen LogP contribution in [0.15, 0.2) is 40.5 Å². The van der Waals surface area contributed by atoms with Crippen molar-refractivity contribution in [3.8, 4) is 5.75 Å². The minimum atomic E-state index is -3.77. The molecule has 0 unspecified atom stereocenters. The van der Waals surface area contributed by atoms with Gasteiger partial charge in [0.25, 0.3) is 0 Å². The molecule has 9 nitrogen and oxygen atoms in total. The lowest BCUT2D eigenvalue weighted by Gasteiger charge is -2.09. The first-order valence-electron chi connectivity index (χ1n) is 7.98. The summed E-state index contributed by atoms with van der Waals surface area (Å²) in [5.74, 6) is -1.73. The number of nitrogens with one attached hydrogen (secondary N) is 2. The van der Waals surface area contributed by atoms with Crippen molar-refractivity contribution in [2.45, 2.75) is 18.7 Å². The highest BCUT2D eigenvalue weighted by molar-refractivity contribution is 7.89. The Hall–Kier alpha value is -2.98. The Balaban J connectivity index is 2.96. The molecule has 0 saturated carbocycles. The van der Waals surface area contributed by atoms with Gasteiger partial charge < -0.3 is 20.0 Å². The van der Waals surface area contributed by atoms with E-state index in [2.05, 4.69) is 4.72 Å². The van der Waals surface area contributed by atoms with Crippen molar-refractivity contribution < 1.29 is 32.6 Å². The number of carbonyl (C=O) groups excluding carboxylic acids is 2. The van der Waals surface area contributed by atoms with Crippen LogP contribution in [0.2, 0.25) is 0 Å². The number of carbonyl (C=O) groups is 2. The fourth-order valence-electron chi connectivity index (χ4n) is 2.22. The third-order valence-electron chi connectivity index (χ3n) is 3.52. The van der Waals surface area contributed by atoms with Crippen LogP contribution in [0.3, 0.4) is 0 Å². The summed E-state index contributed by atoms with van der Waals surface area (Å²) in [6.07, 6.45) is 2.36. The van der Waals surface area contributed by atoms with Crippen LogP contribution < -0.4 is 9.46 Å². The van der Waals surface area contributed by atoms with Gasteiger partial charge in [-0.1, -0.05) is 6.07 Å². The second kappa shape index (κ2) is 9.81. The van der Waals surface area contributed by atoms with E-state index in [1.54, 1.807) is 6.07 Å². The van der Waals surface area contributed by atoms with Gasteiger partial charge in [-0.3, -0.25) is 4.79 Å². The van der Waals surface area contributed by atoms with E-state index in [9.17, 15) is 23.1 Å². The first-order chi connectivity index (χ1) is 13.0. The zero-order chi connectivity index (χ0) is 21.5. The van der Waals surface area contributed by atoms with Gasteiger partial charge in [-0.25, -0.2) is 17.9 Å². The number of Topliss-reactive ketones (excluding diaryl/α,β-unsaturated/α-hetero) is 1. The van der Waals surface area contributed by atoms with Crippen LogP contribution in [0.5, 0.6) is 5.75 Å². The number of aliphatic hydroxyl groups excluding tert-OH is 1. The van der Waals surface area contributed by atoms with E-state index >= 15 is 0 Å². The quantitative estimate of drug-likeness (QED) is 0.243. The predicted octanol–water partition coefficient (Wildman–Crippen LogP) is 1.60. The molecular formula is C18H22N2O7S. The fraction of sp³-hybridized carbons (Fsp3) is 0.278. The summed E-state index contributed by atoms with van der Waals surface area (Å²) < 4.78 is 36.1. The van der Waals surface area contributed by atoms with E-state index in [4.69, 9.17) is 14.9 Å². The Morgan fingerprint density at radius 3 is 2.43 bits per heavy atom. The normalized spacial score (nSPS) is 12.4. The number of allylic oxidation sites excluding steroid dienone is 1. The lowest BCUT2D eigenvalue weighted by atomic mass is 10.1. The van der Waals surface area contributed by atoms with Crippen molar-refractivity contribution in [1.82, 2.24) is 4.72 Å². The average molecular weight is 410 g/mol. The lowest BCUT2D eigenvalue weighted by Crippen LogP contribution is -2.19. The molecule has 0 heterocycles. The number of esters is 1. The first-order valence-corrected chi connectivity index (χ1v) is 9.46. The number of ether oxygens (including phenoxy) is 2. The summed E-state index contributed by atoms with van der Waals surface area (Å²) in [5.41, 5.74) is 0.0352. The molecule has 0 radical (unpaired) electrons. The van der Waals surface area contributed by atoms with Gasteiger partial charge in [0.15, 0.2) is 5.78 Å². The Kier molecular flexibility index (Phi) is 8.08. The third-order valence-corrected chi connectivity index (χ3v) is 4.96. The van der Waals surface area contributed by atoms with E-state index in [0.717, 1.165) is 6.08 Å². The molecule has 1 rings (SSSR count). The van der Waals surface area contributed by atoms with Crippen molar-refractivity contribution in [1.29, 1.82) is 5.41 Å². The van der Waals surface area contributed by atoms with E-state index in [1.165, 1.54) is 46.2 Å². The molecule has 28 heavy (non-hydrogen) atoms. The standard InChI is InChI=1S/C18H22N2O7S/c1-11(19)18(12(2)21)14(22)10-27-17(23)8-6-13-5-7-15(26-4)16(9-13)28(24,25)20-3/h5-9,19-20,22H,10H2,1-4H3/b8-6+,18-14-,19-11?. The summed E-state index contributed by atoms with van der Waals surface area (Å²) in [6.45, 7) is 1.94. The molecule has 0 bridgehead atoms. The monoisotopic (exact) mass is 410 g/mol. The van der Waals surface area contributed by atoms with E-state index in [-0.39, 0.29) is 21.9 Å². The third kappa shape index (κ3) is 6.03. The lowest BCUT2D eigenvalue weighted by molar-refractivity contribution is -0.137. The zero-order valence-corrected chi connectivity index (χ0v) is 16.7. The van der Waals surface area contributed by atoms with Gasteiger partial charge in [0, 0.05) is 11.8 Å². The van der Waals surface area contributed by atoms with Crippen molar-refractivity contribution in [2.24, 2.45) is 0 Å². The zero-order valence-electron chi connectivity index (χ0n) is 15.9. The predicted molar refractivity (Wildman–Crippen MR) is 103 cm³/mol. The molecule has 10 heteroatoms. The van der Waals surface area contributed by atoms with Crippen LogP contribution in [-0.4, -0.2) is 51.8 Å². The molecule has 1 aromatic carbocycles. The van der Waals surface area contributed by atoms with Gasteiger partial charge in [0.2, 0.25) is 10.0 Å². The first kappa shape index (κ1) is 23.1. The summed E-state index contributed by atoms with van der Waals surface area (Å²) in [7, 11) is -1.17. The molecule has 1 aromatic rings.